The summed E-state index contributed by atoms with van der Waals surface area (Å²) in [5, 5.41) is 13.9. The summed E-state index contributed by atoms with van der Waals surface area (Å²) in [7, 11) is -4.69. The Balaban J connectivity index is 1.12. The van der Waals surface area contributed by atoms with Gasteiger partial charge in [0.05, 0.1) is 12.9 Å². The molecular weight excluding hydrogens is 873 g/mol. The molecule has 362 valence electrons. The molecule has 0 saturated carbocycles. The molecule has 0 bridgehead atoms. The van der Waals surface area contributed by atoms with Gasteiger partial charge in [0.1, 0.15) is 42.4 Å². The van der Waals surface area contributed by atoms with E-state index in [1.807, 2.05) is 0 Å². The summed E-state index contributed by atoms with van der Waals surface area (Å²) in [4.78, 5) is 25.1. The summed E-state index contributed by atoms with van der Waals surface area (Å²) in [5.41, 5.74) is 4.01. The molecule has 5 atom stereocenters. The third kappa shape index (κ3) is 16.7. The third-order valence-electron chi connectivity index (χ3n) is 11.9. The summed E-state index contributed by atoms with van der Waals surface area (Å²) in [6.45, 7) is 1.57. The smallest absolute Gasteiger partial charge is 0.459 e. The van der Waals surface area contributed by atoms with Crippen LogP contribution in [0.15, 0.2) is 54.9 Å². The van der Waals surface area contributed by atoms with Crippen LogP contribution < -0.4 is 15.3 Å². The number of hydrogen-bond acceptors (Lipinski definition) is 11. The van der Waals surface area contributed by atoms with Gasteiger partial charge in [-0.15, -0.1) is 6.42 Å². The summed E-state index contributed by atoms with van der Waals surface area (Å²) >= 11 is 0. The van der Waals surface area contributed by atoms with E-state index in [0.29, 0.717) is 12.5 Å². The molecule has 2 aromatic carbocycles. The van der Waals surface area contributed by atoms with Crippen molar-refractivity contribution in [1.29, 1.82) is 0 Å². The van der Waals surface area contributed by atoms with E-state index in [0.717, 1.165) is 37.8 Å². The predicted molar refractivity (Wildman–Crippen MR) is 249 cm³/mol. The lowest BCUT2D eigenvalue weighted by Crippen LogP contribution is -2.44. The Kier molecular flexibility index (Phi) is 21.7. The zero-order chi connectivity index (χ0) is 47.2. The Morgan fingerprint density at radius 1 is 0.909 bits per heavy atom. The third-order valence-corrected chi connectivity index (χ3v) is 13.5. The first kappa shape index (κ1) is 52.4. The number of esters is 1. The Morgan fingerprint density at radius 3 is 2.03 bits per heavy atom. The molecule has 13 nitrogen and oxygen atoms in total. The van der Waals surface area contributed by atoms with Crippen LogP contribution in [0.2, 0.25) is 0 Å². The first-order valence-electron chi connectivity index (χ1n) is 23.8. The number of nitrogens with zero attached hydrogens (tertiary/aromatic N) is 4. The van der Waals surface area contributed by atoms with Gasteiger partial charge in [0.25, 0.3) is 0 Å². The molecule has 4 N–H and O–H groups in total. The van der Waals surface area contributed by atoms with E-state index < -0.39 is 62.0 Å². The maximum atomic E-state index is 14.8. The summed E-state index contributed by atoms with van der Waals surface area (Å²) in [6.07, 6.45) is 27.7. The number of ether oxygens (including phenoxy) is 2. The minimum absolute atomic E-state index is 0.0174. The highest BCUT2D eigenvalue weighted by Gasteiger charge is 2.50. The average molecular weight is 941 g/mol. The van der Waals surface area contributed by atoms with Crippen molar-refractivity contribution in [3.63, 3.8) is 0 Å². The van der Waals surface area contributed by atoms with Gasteiger partial charge in [0.2, 0.25) is 0 Å². The van der Waals surface area contributed by atoms with E-state index >= 15 is 0 Å². The number of carbonyl (C=O) groups excluding carboxylic acids is 1. The normalized spacial score (nSPS) is 18.5. The predicted octanol–water partition coefficient (Wildman–Crippen LogP) is 11.2. The number of rotatable bonds is 32. The number of nitrogens with two attached hydrogens (primary N) is 1. The molecule has 0 aliphatic carbocycles. The van der Waals surface area contributed by atoms with Crippen molar-refractivity contribution in [2.24, 2.45) is 0 Å². The first-order valence-corrected chi connectivity index (χ1v) is 25.4. The fourth-order valence-corrected chi connectivity index (χ4v) is 9.72. The molecule has 1 aliphatic heterocycles. The number of anilines is 1. The molecule has 0 amide bonds. The van der Waals surface area contributed by atoms with Crippen LogP contribution in [0, 0.1) is 30.1 Å². The SMILES string of the molecule is C#C[C@]1(COP(=O)(N[C@@H](Cc2cc(F)cc(F)c2)C(=O)OCCCCCCCCCCCCCCCCCCCCCC)Oc2ccccc2)O[C@@H](n2cnc3c(N)nc(F)nc32)C[C@@H]1O. The molecular formula is C49H68F3N6O7P. The molecule has 66 heavy (non-hydrogen) atoms. The number of nitrogen functional groups attached to an aromatic ring is 1. The van der Waals surface area contributed by atoms with Gasteiger partial charge in [-0.1, -0.05) is 153 Å². The Bertz CT molecular complexity index is 2160. The zero-order valence-corrected chi connectivity index (χ0v) is 39.2. The van der Waals surface area contributed by atoms with Gasteiger partial charge in [-0.2, -0.15) is 19.4 Å². The number of carbonyl (C=O) groups is 1. The largest absolute Gasteiger partial charge is 0.465 e. The number of unbranched alkanes of at least 4 members (excludes halogenated alkanes) is 19. The van der Waals surface area contributed by atoms with Crippen molar-refractivity contribution >= 4 is 30.7 Å². The van der Waals surface area contributed by atoms with Crippen LogP contribution in [0.5, 0.6) is 5.75 Å². The Hall–Kier alpha value is -4.52. The highest BCUT2D eigenvalue weighted by atomic mass is 31.2. The van der Waals surface area contributed by atoms with Crippen LogP contribution in [0.3, 0.4) is 0 Å². The highest BCUT2D eigenvalue weighted by Crippen LogP contribution is 2.48. The second kappa shape index (κ2) is 27.3. The van der Waals surface area contributed by atoms with Crippen LogP contribution in [-0.2, 0) is 29.8 Å². The lowest BCUT2D eigenvalue weighted by Gasteiger charge is -2.30. The van der Waals surface area contributed by atoms with Crippen LogP contribution in [0.1, 0.15) is 154 Å². The molecule has 5 rings (SSSR count). The number of fused-ring (bicyclic) bond motifs is 1. The molecule has 1 unspecified atom stereocenters. The van der Waals surface area contributed by atoms with E-state index in [-0.39, 0.29) is 47.7 Å². The second-order valence-electron chi connectivity index (χ2n) is 17.3. The van der Waals surface area contributed by atoms with Crippen LogP contribution in [-0.4, -0.2) is 61.6 Å². The topological polar surface area (TPSA) is 173 Å². The van der Waals surface area contributed by atoms with Crippen molar-refractivity contribution < 1.29 is 46.2 Å². The standard InChI is InChI=1S/C49H68F3N6O7P/c1-3-5-6-7-8-9-10-11-12-13-14-15-16-17-18-19-20-21-22-26-29-62-47(60)41(32-37-30-38(50)33-39(51)31-37)57-66(61,65-40-27-24-23-25-28-40)63-35-49(4-2)42(59)34-43(64-49)58-36-54-44-45(53)55-48(52)56-46(44)58/h2,23-25,27-28,30-31,33,36,41-43,59H,3,5-22,26,29,32,34-35H2,1H3,(H,57,61)(H2,53,55,56)/t41-,42-,43+,49+,66?/m0/s1. The van der Waals surface area contributed by atoms with Gasteiger partial charge in [-0.25, -0.2) is 18.3 Å². The summed E-state index contributed by atoms with van der Waals surface area (Å²) < 4.78 is 82.5. The van der Waals surface area contributed by atoms with Crippen molar-refractivity contribution in [3.8, 4) is 18.1 Å². The van der Waals surface area contributed by atoms with Gasteiger partial charge in [-0.05, 0) is 42.7 Å². The van der Waals surface area contributed by atoms with Crippen LogP contribution >= 0.6 is 7.75 Å². The summed E-state index contributed by atoms with van der Waals surface area (Å²) in [5.74, 6) is -0.345. The van der Waals surface area contributed by atoms with Gasteiger partial charge in [-0.3, -0.25) is 13.9 Å². The van der Waals surface area contributed by atoms with Crippen molar-refractivity contribution in [2.45, 2.75) is 172 Å². The van der Waals surface area contributed by atoms with Gasteiger partial charge in [0, 0.05) is 12.5 Å². The van der Waals surface area contributed by atoms with E-state index in [1.54, 1.807) is 18.2 Å². The Labute approximate surface area is 387 Å². The summed E-state index contributed by atoms with van der Waals surface area (Å²) in [6, 6.07) is 9.23. The number of para-hydroxylation sites is 1. The minimum Gasteiger partial charge on any atom is -0.465 e. The van der Waals surface area contributed by atoms with Gasteiger partial charge < -0.3 is 24.8 Å². The molecule has 0 radical (unpaired) electrons. The molecule has 1 fully saturated rings. The lowest BCUT2D eigenvalue weighted by atomic mass is 9.99. The molecule has 4 aromatic rings. The number of aliphatic hydroxyl groups is 1. The number of hydrogen-bond donors (Lipinski definition) is 3. The molecule has 1 saturated heterocycles. The minimum atomic E-state index is -4.69. The maximum absolute atomic E-state index is 14.8. The van der Waals surface area contributed by atoms with E-state index in [4.69, 9.17) is 30.7 Å². The highest BCUT2D eigenvalue weighted by molar-refractivity contribution is 7.52. The van der Waals surface area contributed by atoms with Gasteiger partial charge in [0.15, 0.2) is 22.6 Å². The second-order valence-corrected chi connectivity index (χ2v) is 19.0. The number of benzene rings is 2. The number of aliphatic hydroxyl groups excluding tert-OH is 1. The zero-order valence-electron chi connectivity index (χ0n) is 38.3. The molecule has 3 heterocycles. The average Bonchev–Trinajstić information content (AvgIpc) is 3.86. The van der Waals surface area contributed by atoms with Crippen LogP contribution in [0.4, 0.5) is 19.0 Å². The monoisotopic (exact) mass is 940 g/mol. The van der Waals surface area contributed by atoms with E-state index in [1.165, 1.54) is 119 Å². The van der Waals surface area contributed by atoms with Crippen LogP contribution in [0.25, 0.3) is 11.2 Å². The molecule has 2 aromatic heterocycles. The van der Waals surface area contributed by atoms with Crippen molar-refractivity contribution in [1.82, 2.24) is 24.6 Å². The van der Waals surface area contributed by atoms with Crippen molar-refractivity contribution in [2.75, 3.05) is 18.9 Å². The number of terminal acetylenes is 1. The fourth-order valence-electron chi connectivity index (χ4n) is 8.20. The maximum Gasteiger partial charge on any atom is 0.459 e. The first-order chi connectivity index (χ1) is 31.9. The Morgan fingerprint density at radius 2 is 1.47 bits per heavy atom. The van der Waals surface area contributed by atoms with E-state index in [2.05, 4.69) is 32.9 Å². The lowest BCUT2D eigenvalue weighted by molar-refractivity contribution is -0.146. The fraction of sp³-hybridized carbons (Fsp3) is 0.592. The van der Waals surface area contributed by atoms with E-state index in [9.17, 15) is 27.6 Å². The number of aromatic nitrogens is 4. The molecule has 17 heteroatoms. The molecule has 1 aliphatic rings. The number of imidazole rings is 1. The van der Waals surface area contributed by atoms with Crippen molar-refractivity contribution in [3.05, 3.63) is 78.1 Å². The number of halogens is 3. The van der Waals surface area contributed by atoms with Gasteiger partial charge >= 0.3 is 19.8 Å². The molecule has 0 spiro atoms. The number of nitrogens with one attached hydrogen (secondary N) is 1. The quantitative estimate of drug-likeness (QED) is 0.0139.